The maximum atomic E-state index is 11.1. The summed E-state index contributed by atoms with van der Waals surface area (Å²) in [6, 6.07) is 0. The summed E-state index contributed by atoms with van der Waals surface area (Å²) in [5.74, 6) is 1.20. The Balaban J connectivity index is 2.77. The van der Waals surface area contributed by atoms with E-state index < -0.39 is 0 Å². The molecule has 0 aliphatic carbocycles. The van der Waals surface area contributed by atoms with Crippen LogP contribution in [0.5, 0.6) is 0 Å². The molecule has 0 saturated carbocycles. The summed E-state index contributed by atoms with van der Waals surface area (Å²) in [5.41, 5.74) is -0.0955. The molecular weight excluding hydrogens is 281 g/mol. The van der Waals surface area contributed by atoms with Crippen LogP contribution in [0.4, 0.5) is 5.82 Å². The van der Waals surface area contributed by atoms with Crippen molar-refractivity contribution in [2.75, 3.05) is 11.9 Å². The van der Waals surface area contributed by atoms with Crippen LogP contribution in [-0.4, -0.2) is 16.5 Å². The number of hydrogen-bond donors (Lipinski definition) is 2. The zero-order chi connectivity index (χ0) is 9.84. The highest BCUT2D eigenvalue weighted by molar-refractivity contribution is 14.1. The van der Waals surface area contributed by atoms with Gasteiger partial charge in [-0.15, -0.1) is 0 Å². The minimum absolute atomic E-state index is 0.0955. The Kier molecular flexibility index (Phi) is 3.71. The largest absolute Gasteiger partial charge is 0.369 e. The summed E-state index contributed by atoms with van der Waals surface area (Å²) in [5, 5.41) is 3.11. The first-order chi connectivity index (χ1) is 6.11. The van der Waals surface area contributed by atoms with Crippen molar-refractivity contribution in [3.63, 3.8) is 0 Å². The van der Waals surface area contributed by atoms with E-state index in [-0.39, 0.29) is 5.56 Å². The molecule has 0 saturated heterocycles. The van der Waals surface area contributed by atoms with Crippen molar-refractivity contribution in [1.82, 2.24) is 9.97 Å². The fourth-order valence-electron chi connectivity index (χ4n) is 0.807. The minimum Gasteiger partial charge on any atom is -0.369 e. The molecule has 0 amide bonds. The first kappa shape index (κ1) is 10.5. The highest BCUT2D eigenvalue weighted by Gasteiger charge is 2.04. The smallest absolute Gasteiger partial charge is 0.266 e. The van der Waals surface area contributed by atoms with Gasteiger partial charge in [-0.25, -0.2) is 4.98 Å². The van der Waals surface area contributed by atoms with Crippen LogP contribution in [0.3, 0.4) is 0 Å². The number of nitrogens with zero attached hydrogens (tertiary/aromatic N) is 1. The fraction of sp³-hybridized carbons (Fsp3) is 0.500. The second-order valence-electron chi connectivity index (χ2n) is 3.17. The van der Waals surface area contributed by atoms with Crippen molar-refractivity contribution in [1.29, 1.82) is 0 Å². The Morgan fingerprint density at radius 1 is 1.69 bits per heavy atom. The van der Waals surface area contributed by atoms with Crippen molar-refractivity contribution in [2.45, 2.75) is 13.8 Å². The minimum atomic E-state index is -0.0955. The van der Waals surface area contributed by atoms with Gasteiger partial charge in [0.25, 0.3) is 5.56 Å². The van der Waals surface area contributed by atoms with E-state index in [0.717, 1.165) is 6.54 Å². The summed E-state index contributed by atoms with van der Waals surface area (Å²) < 4.78 is 0.612. The molecule has 72 valence electrons. The maximum Gasteiger partial charge on any atom is 0.266 e. The van der Waals surface area contributed by atoms with E-state index in [1.54, 1.807) is 0 Å². The van der Waals surface area contributed by atoms with E-state index in [4.69, 9.17) is 0 Å². The van der Waals surface area contributed by atoms with Crippen LogP contribution < -0.4 is 10.9 Å². The molecule has 0 spiro atoms. The molecular formula is C8H12IN3O. The Morgan fingerprint density at radius 2 is 2.38 bits per heavy atom. The summed E-state index contributed by atoms with van der Waals surface area (Å²) in [4.78, 5) is 17.7. The number of hydrogen-bond acceptors (Lipinski definition) is 3. The third-order valence-electron chi connectivity index (χ3n) is 1.47. The van der Waals surface area contributed by atoms with Gasteiger partial charge in [0, 0.05) is 6.54 Å². The third-order valence-corrected chi connectivity index (χ3v) is 2.48. The van der Waals surface area contributed by atoms with Gasteiger partial charge in [-0.2, -0.15) is 0 Å². The van der Waals surface area contributed by atoms with Gasteiger partial charge in [-0.05, 0) is 28.5 Å². The lowest BCUT2D eigenvalue weighted by Crippen LogP contribution is -2.17. The van der Waals surface area contributed by atoms with Gasteiger partial charge in [0.05, 0.1) is 6.33 Å². The van der Waals surface area contributed by atoms with E-state index in [9.17, 15) is 4.79 Å². The van der Waals surface area contributed by atoms with E-state index in [2.05, 4.69) is 29.1 Å². The highest BCUT2D eigenvalue weighted by Crippen LogP contribution is 2.08. The topological polar surface area (TPSA) is 57.8 Å². The SMILES string of the molecule is CC(C)CNc1nc[nH]c(=O)c1I. The molecule has 0 fully saturated rings. The summed E-state index contributed by atoms with van der Waals surface area (Å²) in [7, 11) is 0. The van der Waals surface area contributed by atoms with Crippen LogP contribution in [0.1, 0.15) is 13.8 Å². The molecule has 4 nitrogen and oxygen atoms in total. The molecule has 1 rings (SSSR count). The molecule has 5 heteroatoms. The Hall–Kier alpha value is -0.590. The van der Waals surface area contributed by atoms with Crippen LogP contribution in [0.15, 0.2) is 11.1 Å². The fourth-order valence-corrected chi connectivity index (χ4v) is 1.29. The molecule has 1 aromatic rings. The summed E-state index contributed by atoms with van der Waals surface area (Å²) in [6.45, 7) is 5.03. The average molecular weight is 293 g/mol. The average Bonchev–Trinajstić information content (AvgIpc) is 2.07. The van der Waals surface area contributed by atoms with Crippen molar-refractivity contribution in [3.05, 3.63) is 20.3 Å². The van der Waals surface area contributed by atoms with Crippen LogP contribution in [-0.2, 0) is 0 Å². The number of nitrogens with one attached hydrogen (secondary N) is 2. The lowest BCUT2D eigenvalue weighted by Gasteiger charge is -2.08. The Morgan fingerprint density at radius 3 is 3.00 bits per heavy atom. The zero-order valence-electron chi connectivity index (χ0n) is 7.60. The molecule has 0 aliphatic rings. The predicted molar refractivity (Wildman–Crippen MR) is 60.9 cm³/mol. The summed E-state index contributed by atoms with van der Waals surface area (Å²) in [6.07, 6.45) is 1.41. The van der Waals surface area contributed by atoms with E-state index in [1.807, 2.05) is 22.6 Å². The quantitative estimate of drug-likeness (QED) is 0.829. The highest BCUT2D eigenvalue weighted by atomic mass is 127. The molecule has 1 heterocycles. The molecule has 0 aliphatic heterocycles. The van der Waals surface area contributed by atoms with Gasteiger partial charge < -0.3 is 10.3 Å². The number of H-pyrrole nitrogens is 1. The van der Waals surface area contributed by atoms with Crippen LogP contribution in [0, 0.1) is 9.49 Å². The maximum absolute atomic E-state index is 11.1. The number of halogens is 1. The standard InChI is InChI=1S/C8H12IN3O/c1-5(2)3-10-7-6(9)8(13)12-4-11-7/h4-5H,3H2,1-2H3,(H2,10,11,12,13). The summed E-state index contributed by atoms with van der Waals surface area (Å²) >= 11 is 1.98. The van der Waals surface area contributed by atoms with Crippen molar-refractivity contribution in [2.24, 2.45) is 5.92 Å². The molecule has 0 aromatic carbocycles. The van der Waals surface area contributed by atoms with Gasteiger partial charge >= 0.3 is 0 Å². The molecule has 0 atom stereocenters. The second-order valence-corrected chi connectivity index (χ2v) is 4.25. The van der Waals surface area contributed by atoms with Gasteiger partial charge in [-0.3, -0.25) is 4.79 Å². The van der Waals surface area contributed by atoms with E-state index in [1.165, 1.54) is 6.33 Å². The van der Waals surface area contributed by atoms with Crippen LogP contribution in [0.2, 0.25) is 0 Å². The molecule has 13 heavy (non-hydrogen) atoms. The molecule has 0 bridgehead atoms. The molecule has 0 unspecified atom stereocenters. The first-order valence-corrected chi connectivity index (χ1v) is 5.16. The van der Waals surface area contributed by atoms with Gasteiger partial charge in [0.15, 0.2) is 0 Å². The van der Waals surface area contributed by atoms with Crippen LogP contribution >= 0.6 is 22.6 Å². The van der Waals surface area contributed by atoms with Gasteiger partial charge in [0.1, 0.15) is 9.39 Å². The first-order valence-electron chi connectivity index (χ1n) is 4.08. The number of aromatic nitrogens is 2. The number of anilines is 1. The van der Waals surface area contributed by atoms with Crippen molar-refractivity contribution >= 4 is 28.4 Å². The zero-order valence-corrected chi connectivity index (χ0v) is 9.75. The third kappa shape index (κ3) is 2.98. The Bertz CT molecular complexity index is 334. The lowest BCUT2D eigenvalue weighted by molar-refractivity contribution is 0.686. The monoisotopic (exact) mass is 293 g/mol. The predicted octanol–water partition coefficient (Wildman–Crippen LogP) is 1.44. The lowest BCUT2D eigenvalue weighted by atomic mass is 10.2. The molecule has 0 radical (unpaired) electrons. The normalized spacial score (nSPS) is 10.5. The molecule has 2 N–H and O–H groups in total. The van der Waals surface area contributed by atoms with E-state index in [0.29, 0.717) is 15.3 Å². The van der Waals surface area contributed by atoms with Gasteiger partial charge in [0.2, 0.25) is 0 Å². The molecule has 1 aromatic heterocycles. The number of rotatable bonds is 3. The van der Waals surface area contributed by atoms with Crippen molar-refractivity contribution in [3.8, 4) is 0 Å². The number of aromatic amines is 1. The van der Waals surface area contributed by atoms with E-state index >= 15 is 0 Å². The van der Waals surface area contributed by atoms with Crippen LogP contribution in [0.25, 0.3) is 0 Å². The Labute approximate surface area is 90.3 Å². The van der Waals surface area contributed by atoms with Crippen molar-refractivity contribution < 1.29 is 0 Å². The van der Waals surface area contributed by atoms with Gasteiger partial charge in [-0.1, -0.05) is 13.8 Å². The second kappa shape index (κ2) is 4.59.